The first-order valence-corrected chi connectivity index (χ1v) is 4.37. The van der Waals surface area contributed by atoms with Crippen molar-refractivity contribution in [1.29, 1.82) is 0 Å². The number of terminal acetylenes is 1. The molecule has 14 heavy (non-hydrogen) atoms. The van der Waals surface area contributed by atoms with Gasteiger partial charge < -0.3 is 10.2 Å². The monoisotopic (exact) mass is 198 g/mol. The molecule has 0 aliphatic heterocycles. The van der Waals surface area contributed by atoms with Crippen LogP contribution >= 0.6 is 0 Å². The third kappa shape index (κ3) is 3.09. The SMILES string of the molecule is C#CCC(CCC)(CC(=O)O)C(=O)O. The molecule has 4 heteroatoms. The van der Waals surface area contributed by atoms with E-state index in [0.717, 1.165) is 0 Å². The maximum Gasteiger partial charge on any atom is 0.311 e. The number of carboxylic acid groups (broad SMARTS) is 2. The van der Waals surface area contributed by atoms with Crippen molar-refractivity contribution in [2.45, 2.75) is 32.6 Å². The summed E-state index contributed by atoms with van der Waals surface area (Å²) in [6, 6.07) is 0. The Morgan fingerprint density at radius 3 is 2.29 bits per heavy atom. The smallest absolute Gasteiger partial charge is 0.311 e. The third-order valence-electron chi connectivity index (χ3n) is 2.11. The molecule has 0 heterocycles. The quantitative estimate of drug-likeness (QED) is 0.632. The summed E-state index contributed by atoms with van der Waals surface area (Å²) < 4.78 is 0. The van der Waals surface area contributed by atoms with Gasteiger partial charge in [-0.05, 0) is 6.42 Å². The van der Waals surface area contributed by atoms with Crippen molar-refractivity contribution >= 4 is 11.9 Å². The average molecular weight is 198 g/mol. The van der Waals surface area contributed by atoms with E-state index in [1.165, 1.54) is 0 Å². The van der Waals surface area contributed by atoms with Crippen LogP contribution in [0.1, 0.15) is 32.6 Å². The topological polar surface area (TPSA) is 74.6 Å². The van der Waals surface area contributed by atoms with Crippen molar-refractivity contribution in [2.75, 3.05) is 0 Å². The molecule has 0 bridgehead atoms. The molecule has 0 aromatic rings. The van der Waals surface area contributed by atoms with Gasteiger partial charge in [0, 0.05) is 6.42 Å². The minimum Gasteiger partial charge on any atom is -0.481 e. The Kier molecular flexibility index (Phi) is 4.71. The lowest BCUT2D eigenvalue weighted by Crippen LogP contribution is -2.33. The van der Waals surface area contributed by atoms with Crippen LogP contribution in [-0.2, 0) is 9.59 Å². The maximum absolute atomic E-state index is 11.0. The van der Waals surface area contributed by atoms with Gasteiger partial charge in [-0.25, -0.2) is 0 Å². The first-order chi connectivity index (χ1) is 6.48. The summed E-state index contributed by atoms with van der Waals surface area (Å²) in [7, 11) is 0. The second kappa shape index (κ2) is 5.28. The molecule has 0 aromatic carbocycles. The highest BCUT2D eigenvalue weighted by atomic mass is 16.4. The molecule has 0 aliphatic carbocycles. The van der Waals surface area contributed by atoms with Gasteiger partial charge in [0.05, 0.1) is 11.8 Å². The molecule has 0 spiro atoms. The zero-order chi connectivity index (χ0) is 11.2. The lowest BCUT2D eigenvalue weighted by Gasteiger charge is -2.24. The Balaban J connectivity index is 4.84. The highest BCUT2D eigenvalue weighted by molar-refractivity contribution is 5.81. The van der Waals surface area contributed by atoms with Crippen LogP contribution in [0.5, 0.6) is 0 Å². The predicted octanol–water partition coefficient (Wildman–Crippen LogP) is 1.36. The summed E-state index contributed by atoms with van der Waals surface area (Å²) in [5, 5.41) is 17.6. The molecular formula is C10H14O4. The van der Waals surface area contributed by atoms with Crippen molar-refractivity contribution in [3.05, 3.63) is 0 Å². The van der Waals surface area contributed by atoms with Gasteiger partial charge >= 0.3 is 11.9 Å². The fraction of sp³-hybridized carbons (Fsp3) is 0.600. The minimum atomic E-state index is -1.30. The molecule has 0 aromatic heterocycles. The zero-order valence-electron chi connectivity index (χ0n) is 8.12. The third-order valence-corrected chi connectivity index (χ3v) is 2.11. The van der Waals surface area contributed by atoms with E-state index in [-0.39, 0.29) is 6.42 Å². The molecule has 0 saturated carbocycles. The van der Waals surface area contributed by atoms with Crippen LogP contribution in [0.3, 0.4) is 0 Å². The van der Waals surface area contributed by atoms with Gasteiger partial charge in [0.25, 0.3) is 0 Å². The molecule has 1 unspecified atom stereocenters. The van der Waals surface area contributed by atoms with Crippen molar-refractivity contribution in [3.63, 3.8) is 0 Å². The van der Waals surface area contributed by atoms with Crippen LogP contribution in [0.25, 0.3) is 0 Å². The lowest BCUT2D eigenvalue weighted by atomic mass is 9.77. The fourth-order valence-corrected chi connectivity index (χ4v) is 1.46. The summed E-state index contributed by atoms with van der Waals surface area (Å²) in [5.41, 5.74) is -1.30. The molecule has 2 N–H and O–H groups in total. The van der Waals surface area contributed by atoms with Gasteiger partial charge in [-0.3, -0.25) is 9.59 Å². The van der Waals surface area contributed by atoms with Gasteiger partial charge in [0.2, 0.25) is 0 Å². The normalized spacial score (nSPS) is 14.0. The second-order valence-electron chi connectivity index (χ2n) is 3.29. The van der Waals surface area contributed by atoms with E-state index in [1.54, 1.807) is 6.92 Å². The van der Waals surface area contributed by atoms with Gasteiger partial charge in [-0.2, -0.15) is 0 Å². The van der Waals surface area contributed by atoms with Crippen LogP contribution in [0.15, 0.2) is 0 Å². The van der Waals surface area contributed by atoms with Crippen LogP contribution in [0.2, 0.25) is 0 Å². The molecular weight excluding hydrogens is 184 g/mol. The number of hydrogen-bond acceptors (Lipinski definition) is 2. The van der Waals surface area contributed by atoms with Crippen LogP contribution in [-0.4, -0.2) is 22.2 Å². The van der Waals surface area contributed by atoms with Gasteiger partial charge in [0.1, 0.15) is 0 Å². The van der Waals surface area contributed by atoms with E-state index in [2.05, 4.69) is 5.92 Å². The Morgan fingerprint density at radius 1 is 1.43 bits per heavy atom. The molecule has 4 nitrogen and oxygen atoms in total. The number of rotatable bonds is 6. The second-order valence-corrected chi connectivity index (χ2v) is 3.29. The molecule has 0 amide bonds. The van der Waals surface area contributed by atoms with Crippen molar-refractivity contribution in [3.8, 4) is 12.3 Å². The van der Waals surface area contributed by atoms with Crippen LogP contribution < -0.4 is 0 Å². The molecule has 0 aliphatic rings. The van der Waals surface area contributed by atoms with E-state index in [1.807, 2.05) is 0 Å². The lowest BCUT2D eigenvalue weighted by molar-refractivity contribution is -0.156. The number of hydrogen-bond donors (Lipinski definition) is 2. The molecule has 78 valence electrons. The Hall–Kier alpha value is -1.50. The summed E-state index contributed by atoms with van der Waals surface area (Å²) in [6.45, 7) is 1.80. The number of aliphatic carboxylic acids is 2. The van der Waals surface area contributed by atoms with Crippen LogP contribution in [0.4, 0.5) is 0 Å². The summed E-state index contributed by atoms with van der Waals surface area (Å²) in [5.74, 6) is -0.0179. The van der Waals surface area contributed by atoms with E-state index in [9.17, 15) is 9.59 Å². The zero-order valence-corrected chi connectivity index (χ0v) is 8.12. The first-order valence-electron chi connectivity index (χ1n) is 4.37. The highest BCUT2D eigenvalue weighted by Gasteiger charge is 2.39. The maximum atomic E-state index is 11.0. The summed E-state index contributed by atoms with van der Waals surface area (Å²) in [6.07, 6.45) is 5.49. The van der Waals surface area contributed by atoms with Gasteiger partial charge in [0.15, 0.2) is 0 Å². The minimum absolute atomic E-state index is 0.0392. The molecule has 1 atom stereocenters. The fourth-order valence-electron chi connectivity index (χ4n) is 1.46. The molecule has 0 radical (unpaired) electrons. The highest BCUT2D eigenvalue weighted by Crippen LogP contribution is 2.32. The summed E-state index contributed by atoms with van der Waals surface area (Å²) >= 11 is 0. The first kappa shape index (κ1) is 12.5. The Morgan fingerprint density at radius 2 is 2.00 bits per heavy atom. The van der Waals surface area contributed by atoms with Crippen molar-refractivity contribution < 1.29 is 19.8 Å². The largest absolute Gasteiger partial charge is 0.481 e. The Bertz CT molecular complexity index is 264. The van der Waals surface area contributed by atoms with E-state index in [0.29, 0.717) is 12.8 Å². The predicted molar refractivity (Wildman–Crippen MR) is 50.7 cm³/mol. The van der Waals surface area contributed by atoms with Crippen molar-refractivity contribution in [1.82, 2.24) is 0 Å². The standard InChI is InChI=1S/C10H14O4/c1-3-5-10(6-4-2,9(13)14)7-8(11)12/h1H,4-7H2,2H3,(H,11,12)(H,13,14). The molecule has 0 rings (SSSR count). The van der Waals surface area contributed by atoms with Crippen molar-refractivity contribution in [2.24, 2.45) is 5.41 Å². The van der Waals surface area contributed by atoms with Gasteiger partial charge in [-0.1, -0.05) is 13.3 Å². The summed E-state index contributed by atoms with van der Waals surface area (Å²) in [4.78, 5) is 21.5. The number of carbonyl (C=O) groups is 2. The average Bonchev–Trinajstić information content (AvgIpc) is 2.03. The van der Waals surface area contributed by atoms with Crippen LogP contribution in [0, 0.1) is 17.8 Å². The number of carboxylic acids is 2. The van der Waals surface area contributed by atoms with E-state index in [4.69, 9.17) is 16.6 Å². The Labute approximate surface area is 82.9 Å². The van der Waals surface area contributed by atoms with Gasteiger partial charge in [-0.15, -0.1) is 12.3 Å². The van der Waals surface area contributed by atoms with E-state index < -0.39 is 23.8 Å². The molecule has 0 saturated heterocycles. The van der Waals surface area contributed by atoms with E-state index >= 15 is 0 Å². The molecule has 0 fully saturated rings.